The highest BCUT2D eigenvalue weighted by molar-refractivity contribution is 7.98. The zero-order valence-electron chi connectivity index (χ0n) is 14.6. The van der Waals surface area contributed by atoms with Crippen molar-refractivity contribution >= 4 is 15.6 Å². The third-order valence-corrected chi connectivity index (χ3v) is 5.63. The first-order valence-electron chi connectivity index (χ1n) is 7.82. The summed E-state index contributed by atoms with van der Waals surface area (Å²) in [5.41, 5.74) is 0.697. The second-order valence-electron chi connectivity index (χ2n) is 5.59. The van der Waals surface area contributed by atoms with Gasteiger partial charge in [-0.2, -0.15) is 18.2 Å². The average molecular weight is 412 g/mol. The molecule has 0 fully saturated rings. The lowest BCUT2D eigenvalue weighted by molar-refractivity contribution is -0.159. The lowest BCUT2D eigenvalue weighted by atomic mass is 10.2. The Kier molecular flexibility index (Phi) is 5.49. The summed E-state index contributed by atoms with van der Waals surface area (Å²) >= 11 is 0. The molecule has 0 saturated carbocycles. The Morgan fingerprint density at radius 3 is 2.46 bits per heavy atom. The Morgan fingerprint density at radius 2 is 1.93 bits per heavy atom. The van der Waals surface area contributed by atoms with Gasteiger partial charge in [0, 0.05) is 16.7 Å². The van der Waals surface area contributed by atoms with Crippen molar-refractivity contribution in [3.05, 3.63) is 60.2 Å². The van der Waals surface area contributed by atoms with Crippen LogP contribution in [-0.2, 0) is 27.3 Å². The van der Waals surface area contributed by atoms with E-state index in [0.29, 0.717) is 10.6 Å². The van der Waals surface area contributed by atoms with Crippen LogP contribution in [0.25, 0.3) is 11.4 Å². The van der Waals surface area contributed by atoms with Crippen LogP contribution in [0.3, 0.4) is 0 Å². The van der Waals surface area contributed by atoms with E-state index in [1.165, 1.54) is 29.9 Å². The summed E-state index contributed by atoms with van der Waals surface area (Å²) in [5.74, 6) is 2.09. The van der Waals surface area contributed by atoms with Crippen LogP contribution in [-0.4, -0.2) is 36.8 Å². The normalized spacial score (nSPS) is 14.2. The lowest BCUT2D eigenvalue weighted by Gasteiger charge is -2.23. The zero-order valence-corrected chi connectivity index (χ0v) is 15.4. The molecule has 0 N–H and O–H groups in total. The molecule has 0 aliphatic rings. The first-order valence-corrected chi connectivity index (χ1v) is 9.50. The van der Waals surface area contributed by atoms with Crippen molar-refractivity contribution in [3.63, 3.8) is 0 Å². The zero-order chi connectivity index (χ0) is 20.4. The van der Waals surface area contributed by atoms with Crippen LogP contribution in [0.2, 0.25) is 0 Å². The molecule has 1 unspecified atom stereocenters. The van der Waals surface area contributed by atoms with Gasteiger partial charge in [0.25, 0.3) is 0 Å². The van der Waals surface area contributed by atoms with Crippen molar-refractivity contribution in [1.82, 2.24) is 19.6 Å². The van der Waals surface area contributed by atoms with Crippen molar-refractivity contribution in [3.8, 4) is 11.4 Å². The molecule has 28 heavy (non-hydrogen) atoms. The van der Waals surface area contributed by atoms with Crippen LogP contribution < -0.4 is 0 Å². The molecule has 3 aromatic rings. The highest BCUT2D eigenvalue weighted by atomic mass is 32.2. The smallest absolute Gasteiger partial charge is 0.329 e. The van der Waals surface area contributed by atoms with Crippen LogP contribution in [0.4, 0.5) is 13.2 Å². The molecular formula is C17H15F3N4O3S. The molecular weight excluding hydrogens is 397 g/mol. The fourth-order valence-electron chi connectivity index (χ4n) is 2.28. The number of halogens is 3. The molecule has 0 aliphatic heterocycles. The summed E-state index contributed by atoms with van der Waals surface area (Å²) in [4.78, 5) is 13.2. The van der Waals surface area contributed by atoms with Gasteiger partial charge < -0.3 is 4.52 Å². The topological polar surface area (TPSA) is 81.4 Å². The van der Waals surface area contributed by atoms with E-state index < -0.39 is 21.8 Å². The van der Waals surface area contributed by atoms with Gasteiger partial charge in [0.1, 0.15) is 0 Å². The molecule has 3 rings (SSSR count). The number of pyridine rings is 1. The first-order chi connectivity index (χ1) is 13.2. The number of rotatable bonds is 6. The Balaban J connectivity index is 1.79. The molecule has 1 atom stereocenters. The molecule has 0 amide bonds. The number of nitrogens with zero attached hydrogens (tertiary/aromatic N) is 4. The lowest BCUT2D eigenvalue weighted by Crippen LogP contribution is -2.29. The molecule has 2 aromatic heterocycles. The molecule has 148 valence electrons. The third kappa shape index (κ3) is 4.21. The minimum absolute atomic E-state index is 0.0358. The molecule has 0 bridgehead atoms. The van der Waals surface area contributed by atoms with Crippen molar-refractivity contribution in [2.45, 2.75) is 17.6 Å². The summed E-state index contributed by atoms with van der Waals surface area (Å²) in [5, 5.41) is 3.30. The van der Waals surface area contributed by atoms with E-state index in [4.69, 9.17) is 4.84 Å². The van der Waals surface area contributed by atoms with Gasteiger partial charge in [0.2, 0.25) is 5.82 Å². The van der Waals surface area contributed by atoms with Gasteiger partial charge >= 0.3 is 12.1 Å². The monoisotopic (exact) mass is 412 g/mol. The molecule has 11 heteroatoms. The summed E-state index contributed by atoms with van der Waals surface area (Å²) in [6, 6.07) is 11.6. The summed E-state index contributed by atoms with van der Waals surface area (Å²) in [7, 11) is -1.56. The van der Waals surface area contributed by atoms with Gasteiger partial charge in [-0.05, 0) is 30.1 Å². The molecule has 1 aromatic carbocycles. The van der Waals surface area contributed by atoms with E-state index in [1.807, 2.05) is 0 Å². The molecule has 0 saturated heterocycles. The van der Waals surface area contributed by atoms with E-state index in [2.05, 4.69) is 25.5 Å². The molecule has 2 heterocycles. The van der Waals surface area contributed by atoms with Crippen molar-refractivity contribution in [2.75, 3.05) is 7.11 Å². The van der Waals surface area contributed by atoms with Gasteiger partial charge in [0.05, 0.1) is 29.1 Å². The minimum atomic E-state index is -4.72. The first kappa shape index (κ1) is 20.0. The van der Waals surface area contributed by atoms with Crippen molar-refractivity contribution < 1.29 is 26.7 Å². The van der Waals surface area contributed by atoms with E-state index >= 15 is 0 Å². The number of hydrogen-bond donors (Lipinski definition) is 0. The van der Waals surface area contributed by atoms with E-state index in [9.17, 15) is 17.4 Å². The maximum atomic E-state index is 13.0. The van der Waals surface area contributed by atoms with E-state index in [0.717, 1.165) is 0 Å². The molecule has 0 radical (unpaired) electrons. The van der Waals surface area contributed by atoms with Crippen molar-refractivity contribution in [1.29, 1.82) is 0 Å². The predicted molar refractivity (Wildman–Crippen MR) is 95.1 cm³/mol. The van der Waals surface area contributed by atoms with Gasteiger partial charge in [-0.15, -0.1) is 4.47 Å². The summed E-state index contributed by atoms with van der Waals surface area (Å²) in [6.45, 7) is 0.0358. The Hall–Kier alpha value is -2.76. The average Bonchev–Trinajstić information content (AvgIpc) is 3.18. The molecule has 7 nitrogen and oxygen atoms in total. The van der Waals surface area contributed by atoms with Gasteiger partial charge in [-0.25, -0.2) is 4.21 Å². The third-order valence-electron chi connectivity index (χ3n) is 3.69. The quantitative estimate of drug-likeness (QED) is 0.457. The standard InChI is InChI=1S/C17H15F3N4O3S/c1-26-24(28(2,25)14-6-4-3-5-7-14)11-13-9-8-12(10-21-13)15-22-16(27-23-15)17(18,19)20/h3-10H,2,11H2,1H3. The number of aromatic nitrogens is 3. The minimum Gasteiger partial charge on any atom is -0.329 e. The maximum absolute atomic E-state index is 13.0. The number of hydroxylamine groups is 1. The second-order valence-corrected chi connectivity index (χ2v) is 7.75. The second kappa shape index (κ2) is 7.70. The number of benzene rings is 1. The molecule has 0 aliphatic carbocycles. The summed E-state index contributed by atoms with van der Waals surface area (Å²) in [6.07, 6.45) is -3.43. The SMILES string of the molecule is C=S(=O)(c1ccccc1)N(Cc1ccc(-c2noc(C(F)(F)F)n2)cn1)OC. The Labute approximate surface area is 158 Å². The number of alkyl halides is 3. The van der Waals surface area contributed by atoms with Crippen LogP contribution >= 0.6 is 0 Å². The van der Waals surface area contributed by atoms with Gasteiger partial charge in [0.15, 0.2) is 0 Å². The van der Waals surface area contributed by atoms with Crippen LogP contribution in [0.15, 0.2) is 58.1 Å². The van der Waals surface area contributed by atoms with Crippen LogP contribution in [0, 0.1) is 0 Å². The highest BCUT2D eigenvalue weighted by Gasteiger charge is 2.38. The van der Waals surface area contributed by atoms with Gasteiger partial charge in [-0.1, -0.05) is 23.4 Å². The summed E-state index contributed by atoms with van der Waals surface area (Å²) < 4.78 is 56.1. The maximum Gasteiger partial charge on any atom is 0.471 e. The van der Waals surface area contributed by atoms with E-state index in [-0.39, 0.29) is 17.9 Å². The fourth-order valence-corrected chi connectivity index (χ4v) is 3.68. The van der Waals surface area contributed by atoms with E-state index in [1.54, 1.807) is 30.3 Å². The fraction of sp³-hybridized carbons (Fsp3) is 0.176. The highest BCUT2D eigenvalue weighted by Crippen LogP contribution is 2.29. The number of hydrogen-bond acceptors (Lipinski definition) is 6. The predicted octanol–water partition coefficient (Wildman–Crippen LogP) is 3.20. The Bertz CT molecular complexity index is 1040. The van der Waals surface area contributed by atoms with Crippen molar-refractivity contribution in [2.24, 2.45) is 0 Å². The van der Waals surface area contributed by atoms with Crippen LogP contribution in [0.5, 0.6) is 0 Å². The van der Waals surface area contributed by atoms with Gasteiger partial charge in [-0.3, -0.25) is 9.82 Å². The Morgan fingerprint density at radius 1 is 1.21 bits per heavy atom. The van der Waals surface area contributed by atoms with Crippen LogP contribution in [0.1, 0.15) is 11.6 Å². The largest absolute Gasteiger partial charge is 0.471 e. The molecule has 0 spiro atoms.